The zero-order valence-electron chi connectivity index (χ0n) is 21.5. The van der Waals surface area contributed by atoms with Crippen LogP contribution in [0.1, 0.15) is 26.2 Å². The molecule has 0 bridgehead atoms. The second-order valence-electron chi connectivity index (χ2n) is 9.19. The van der Waals surface area contributed by atoms with Crippen LogP contribution in [0.3, 0.4) is 0 Å². The third-order valence-corrected chi connectivity index (χ3v) is 6.83. The van der Waals surface area contributed by atoms with Crippen LogP contribution in [0.5, 0.6) is 17.6 Å². The largest absolute Gasteiger partial charge is 0.497 e. The van der Waals surface area contributed by atoms with Gasteiger partial charge in [0.2, 0.25) is 11.8 Å². The van der Waals surface area contributed by atoms with E-state index in [4.69, 9.17) is 18.9 Å². The predicted octanol–water partition coefficient (Wildman–Crippen LogP) is 3.58. The van der Waals surface area contributed by atoms with Crippen molar-refractivity contribution in [3.05, 3.63) is 43.0 Å². The molecule has 5 atom stereocenters. The number of hydrogen-bond acceptors (Lipinski definition) is 9. The van der Waals surface area contributed by atoms with Gasteiger partial charge in [0.1, 0.15) is 11.9 Å². The average molecular weight is 526 g/mol. The first-order valence-corrected chi connectivity index (χ1v) is 12.4. The highest BCUT2D eigenvalue weighted by atomic mass is 16.6. The first-order chi connectivity index (χ1) is 18.3. The summed E-state index contributed by atoms with van der Waals surface area (Å²) >= 11 is 0. The predicted molar refractivity (Wildman–Crippen MR) is 135 cm³/mol. The molecule has 2 saturated carbocycles. The van der Waals surface area contributed by atoms with E-state index in [-0.39, 0.29) is 43.3 Å². The number of carboxylic acid groups (broad SMARTS) is 1. The second-order valence-corrected chi connectivity index (χ2v) is 9.19. The topological polar surface area (TPSA) is 137 Å². The Hall–Kier alpha value is -4.15. The van der Waals surface area contributed by atoms with E-state index in [0.717, 1.165) is 10.5 Å². The molecule has 0 radical (unpaired) electrons. The maximum absolute atomic E-state index is 13.7. The lowest BCUT2D eigenvalue weighted by Crippen LogP contribution is -2.46. The maximum Gasteiger partial charge on any atom is 0.416 e. The summed E-state index contributed by atoms with van der Waals surface area (Å²) in [4.78, 5) is 48.0. The van der Waals surface area contributed by atoms with Crippen LogP contribution in [0, 0.1) is 17.8 Å². The summed E-state index contributed by atoms with van der Waals surface area (Å²) in [5.41, 5.74) is 1.25. The van der Waals surface area contributed by atoms with E-state index in [1.54, 1.807) is 38.3 Å². The molecule has 4 rings (SSSR count). The van der Waals surface area contributed by atoms with E-state index in [2.05, 4.69) is 16.5 Å². The molecule has 1 heterocycles. The van der Waals surface area contributed by atoms with Crippen molar-refractivity contribution in [3.63, 3.8) is 0 Å². The van der Waals surface area contributed by atoms with Crippen molar-refractivity contribution in [2.75, 3.05) is 20.8 Å². The number of ether oxygens (including phenoxy) is 4. The molecule has 1 aromatic carbocycles. The zero-order valence-corrected chi connectivity index (χ0v) is 21.5. The van der Waals surface area contributed by atoms with Gasteiger partial charge in [-0.3, -0.25) is 9.59 Å². The van der Waals surface area contributed by atoms with Crippen molar-refractivity contribution in [3.8, 4) is 28.9 Å². The Morgan fingerprint density at radius 1 is 1.11 bits per heavy atom. The summed E-state index contributed by atoms with van der Waals surface area (Å²) in [6.07, 6.45) is 0.777. The molecular weight excluding hydrogens is 494 g/mol. The van der Waals surface area contributed by atoms with Crippen LogP contribution in [0.25, 0.3) is 11.3 Å². The van der Waals surface area contributed by atoms with Gasteiger partial charge in [-0.1, -0.05) is 6.08 Å². The summed E-state index contributed by atoms with van der Waals surface area (Å²) in [7, 11) is 2.99. The third-order valence-electron chi connectivity index (χ3n) is 6.83. The Labute approximate surface area is 220 Å². The zero-order chi connectivity index (χ0) is 27.4. The summed E-state index contributed by atoms with van der Waals surface area (Å²) < 4.78 is 21.8. The summed E-state index contributed by atoms with van der Waals surface area (Å²) in [6.45, 7) is 5.52. The van der Waals surface area contributed by atoms with Crippen molar-refractivity contribution in [1.29, 1.82) is 0 Å². The van der Waals surface area contributed by atoms with Crippen LogP contribution in [0.15, 0.2) is 43.0 Å². The molecule has 2 fully saturated rings. The smallest absolute Gasteiger partial charge is 0.416 e. The Morgan fingerprint density at radius 2 is 1.84 bits per heavy atom. The van der Waals surface area contributed by atoms with Crippen LogP contribution in [0.2, 0.25) is 0 Å². The monoisotopic (exact) mass is 525 g/mol. The normalized spacial score (nSPS) is 23.7. The highest BCUT2D eigenvalue weighted by Crippen LogP contribution is 2.42. The van der Waals surface area contributed by atoms with Gasteiger partial charge < -0.3 is 24.1 Å². The molecule has 202 valence electrons. The van der Waals surface area contributed by atoms with Gasteiger partial charge in [-0.05, 0) is 56.4 Å². The molecule has 2 amide bonds. The molecule has 1 aromatic heterocycles. The number of rotatable bonds is 10. The minimum Gasteiger partial charge on any atom is -0.497 e. The van der Waals surface area contributed by atoms with Gasteiger partial charge in [0.15, 0.2) is 0 Å². The molecule has 2 aliphatic carbocycles. The number of benzene rings is 1. The number of aliphatic carboxylic acids is 1. The molecule has 2 aromatic rings. The maximum atomic E-state index is 13.7. The van der Waals surface area contributed by atoms with Crippen molar-refractivity contribution in [1.82, 2.24) is 14.9 Å². The Bertz CT molecular complexity index is 1200. The first kappa shape index (κ1) is 26.9. The van der Waals surface area contributed by atoms with Gasteiger partial charge in [-0.15, -0.1) is 6.58 Å². The Balaban J connectivity index is 1.63. The number of carboxylic acids is 1. The van der Waals surface area contributed by atoms with Crippen molar-refractivity contribution in [2.24, 2.45) is 17.8 Å². The highest BCUT2D eigenvalue weighted by molar-refractivity contribution is 5.95. The van der Waals surface area contributed by atoms with E-state index < -0.39 is 35.9 Å². The average Bonchev–Trinajstić information content (AvgIpc) is 3.56. The number of carbonyl (C=O) groups is 3. The number of carbonyl (C=O) groups excluding carboxylic acids is 2. The molecular formula is C27H31N3O8. The van der Waals surface area contributed by atoms with Crippen molar-refractivity contribution >= 4 is 18.0 Å². The lowest BCUT2D eigenvalue weighted by Gasteiger charge is -2.26. The molecule has 0 spiro atoms. The number of amides is 2. The van der Waals surface area contributed by atoms with E-state index in [9.17, 15) is 19.5 Å². The van der Waals surface area contributed by atoms with Gasteiger partial charge in [-0.2, -0.15) is 9.97 Å². The summed E-state index contributed by atoms with van der Waals surface area (Å²) in [5, 5.41) is 9.71. The van der Waals surface area contributed by atoms with Crippen molar-refractivity contribution < 1.29 is 38.4 Å². The lowest BCUT2D eigenvalue weighted by molar-refractivity contribution is -0.141. The van der Waals surface area contributed by atoms with Gasteiger partial charge in [0.25, 0.3) is 0 Å². The fourth-order valence-corrected chi connectivity index (χ4v) is 4.72. The summed E-state index contributed by atoms with van der Waals surface area (Å²) in [6, 6.07) is 8.47. The van der Waals surface area contributed by atoms with E-state index in [1.807, 2.05) is 12.1 Å². The standard InChI is InChI=1S/C27H31N3O8/c1-5-15-12-21(15)30(27(34)37-6-2)24(31)19-11-17(25(32)33)13-22(19)38-23-14-20(28-26(29-23)36-4)16-7-9-18(35-3)10-8-16/h5,7-10,14-15,17,19,21-22H,1,6,11-13H2,2-4H3,(H,32,33). The van der Waals surface area contributed by atoms with Gasteiger partial charge in [-0.25, -0.2) is 9.69 Å². The Kier molecular flexibility index (Phi) is 8.13. The van der Waals surface area contributed by atoms with E-state index in [0.29, 0.717) is 17.9 Å². The fourth-order valence-electron chi connectivity index (χ4n) is 4.72. The molecule has 0 saturated heterocycles. The van der Waals surface area contributed by atoms with Crippen molar-refractivity contribution in [2.45, 2.75) is 38.3 Å². The number of nitrogens with zero attached hydrogens (tertiary/aromatic N) is 3. The highest BCUT2D eigenvalue weighted by Gasteiger charge is 2.52. The number of methoxy groups -OCH3 is 2. The van der Waals surface area contributed by atoms with E-state index in [1.165, 1.54) is 7.11 Å². The molecule has 0 aliphatic heterocycles. The van der Waals surface area contributed by atoms with Crippen LogP contribution in [0.4, 0.5) is 4.79 Å². The van der Waals surface area contributed by atoms with Crippen LogP contribution >= 0.6 is 0 Å². The molecule has 38 heavy (non-hydrogen) atoms. The quantitative estimate of drug-likeness (QED) is 0.458. The minimum absolute atomic E-state index is 0.0216. The summed E-state index contributed by atoms with van der Waals surface area (Å²) in [5.74, 6) is -2.51. The van der Waals surface area contributed by atoms with Gasteiger partial charge in [0.05, 0.1) is 44.4 Å². The van der Waals surface area contributed by atoms with Crippen LogP contribution in [-0.4, -0.2) is 70.9 Å². The fraction of sp³-hybridized carbons (Fsp3) is 0.444. The lowest BCUT2D eigenvalue weighted by atomic mass is 10.0. The molecule has 2 aliphatic rings. The van der Waals surface area contributed by atoms with Crippen LogP contribution in [-0.2, 0) is 14.3 Å². The van der Waals surface area contributed by atoms with Gasteiger partial charge in [0, 0.05) is 11.6 Å². The molecule has 11 heteroatoms. The SMILES string of the molecule is C=CC1CC1N(C(=O)OCC)C(=O)C1CC(C(=O)O)CC1Oc1cc(-c2ccc(OC)cc2)nc(OC)n1. The first-order valence-electron chi connectivity index (χ1n) is 12.4. The Morgan fingerprint density at radius 3 is 2.42 bits per heavy atom. The second kappa shape index (κ2) is 11.5. The minimum atomic E-state index is -1.04. The molecule has 5 unspecified atom stereocenters. The van der Waals surface area contributed by atoms with Gasteiger partial charge >= 0.3 is 18.1 Å². The molecule has 11 nitrogen and oxygen atoms in total. The number of hydrogen-bond donors (Lipinski definition) is 1. The number of aromatic nitrogens is 2. The van der Waals surface area contributed by atoms with E-state index >= 15 is 0 Å². The third kappa shape index (κ3) is 5.71. The number of imide groups is 1. The molecule has 1 N–H and O–H groups in total. The van der Waals surface area contributed by atoms with Crippen LogP contribution < -0.4 is 14.2 Å².